The van der Waals surface area contributed by atoms with E-state index in [1.54, 1.807) is 36.4 Å². The zero-order valence-corrected chi connectivity index (χ0v) is 16.1. The summed E-state index contributed by atoms with van der Waals surface area (Å²) < 4.78 is 28.9. The molecule has 0 N–H and O–H groups in total. The Morgan fingerprint density at radius 3 is 2.52 bits per heavy atom. The summed E-state index contributed by atoms with van der Waals surface area (Å²) in [6.45, 7) is 1.94. The summed E-state index contributed by atoms with van der Waals surface area (Å²) in [7, 11) is -3.84. The van der Waals surface area contributed by atoms with Gasteiger partial charge in [0.2, 0.25) is 0 Å². The van der Waals surface area contributed by atoms with Gasteiger partial charge in [0.05, 0.1) is 5.57 Å². The van der Waals surface area contributed by atoms with Gasteiger partial charge in [-0.2, -0.15) is 13.7 Å². The lowest BCUT2D eigenvalue weighted by molar-refractivity contribution is 0.340. The predicted octanol–water partition coefficient (Wildman–Crippen LogP) is 4.39. The Morgan fingerprint density at radius 1 is 1.11 bits per heavy atom. The summed E-state index contributed by atoms with van der Waals surface area (Å²) in [4.78, 5) is 0.703. The summed E-state index contributed by atoms with van der Waals surface area (Å²) in [5.74, 6) is -0.256. The van der Waals surface area contributed by atoms with Gasteiger partial charge in [0.1, 0.15) is 16.9 Å². The number of rotatable bonds is 5. The molecule has 0 unspecified atom stereocenters. The highest BCUT2D eigenvalue weighted by Crippen LogP contribution is 2.34. The minimum atomic E-state index is -3.84. The molecule has 1 aliphatic rings. The van der Waals surface area contributed by atoms with Crippen molar-refractivity contribution in [1.29, 1.82) is 5.26 Å². The highest BCUT2D eigenvalue weighted by molar-refractivity contribution is 8.18. The van der Waals surface area contributed by atoms with E-state index < -0.39 is 10.1 Å². The van der Waals surface area contributed by atoms with Crippen LogP contribution in [0.15, 0.2) is 76.8 Å². The van der Waals surface area contributed by atoms with Crippen LogP contribution in [0.1, 0.15) is 16.7 Å². The van der Waals surface area contributed by atoms with Crippen molar-refractivity contribution >= 4 is 32.5 Å². The van der Waals surface area contributed by atoms with Gasteiger partial charge in [-0.1, -0.05) is 71.5 Å². The molecule has 0 fully saturated rings. The van der Waals surface area contributed by atoms with Crippen LogP contribution in [0.4, 0.5) is 0 Å². The van der Waals surface area contributed by atoms with Crippen molar-refractivity contribution in [3.63, 3.8) is 0 Å². The lowest BCUT2D eigenvalue weighted by atomic mass is 10.0. The average molecular weight is 396 g/mol. The predicted molar refractivity (Wildman–Crippen MR) is 108 cm³/mol. The SMILES string of the molecule is Cc1ccccc1/C(C#N)=C1C=C/C(=N/OS(=O)(=O)Cc2ccccc2)S/1. The molecule has 5 nitrogen and oxygen atoms in total. The topological polar surface area (TPSA) is 79.5 Å². The molecule has 0 amide bonds. The Kier molecular flexibility index (Phi) is 5.79. The Balaban J connectivity index is 1.75. The van der Waals surface area contributed by atoms with Gasteiger partial charge in [0.15, 0.2) is 0 Å². The molecule has 0 bridgehead atoms. The molecule has 136 valence electrons. The Labute approximate surface area is 162 Å². The molecule has 2 aromatic rings. The third-order valence-corrected chi connectivity index (χ3v) is 5.76. The summed E-state index contributed by atoms with van der Waals surface area (Å²) in [5, 5.41) is 13.7. The fraction of sp³-hybridized carbons (Fsp3) is 0.100. The zero-order valence-electron chi connectivity index (χ0n) is 14.5. The molecule has 0 atom stereocenters. The summed E-state index contributed by atoms with van der Waals surface area (Å²) in [6.07, 6.45) is 3.37. The van der Waals surface area contributed by atoms with E-state index in [4.69, 9.17) is 4.28 Å². The standard InChI is InChI=1S/C20H16N2O3S2/c1-15-7-5-6-10-17(15)18(13-21)19-11-12-20(26-19)22-25-27(23,24)14-16-8-3-2-4-9-16/h2-12H,14H2,1H3/b19-18-,22-20-. The second-order valence-electron chi connectivity index (χ2n) is 5.79. The first-order chi connectivity index (χ1) is 13.0. The lowest BCUT2D eigenvalue weighted by Crippen LogP contribution is -2.06. The molecule has 0 aromatic heterocycles. The van der Waals surface area contributed by atoms with Gasteiger partial charge < -0.3 is 0 Å². The third-order valence-electron chi connectivity index (χ3n) is 3.79. The van der Waals surface area contributed by atoms with E-state index >= 15 is 0 Å². The van der Waals surface area contributed by atoms with Crippen LogP contribution < -0.4 is 0 Å². The summed E-state index contributed by atoms with van der Waals surface area (Å²) in [6, 6.07) is 18.6. The van der Waals surface area contributed by atoms with Gasteiger partial charge in [-0.05, 0) is 35.8 Å². The van der Waals surface area contributed by atoms with E-state index in [2.05, 4.69) is 11.2 Å². The first-order valence-electron chi connectivity index (χ1n) is 8.08. The number of benzene rings is 2. The maximum absolute atomic E-state index is 12.1. The number of oxime groups is 1. The third kappa shape index (κ3) is 4.88. The minimum absolute atomic E-state index is 0.256. The highest BCUT2D eigenvalue weighted by Gasteiger charge is 2.18. The van der Waals surface area contributed by atoms with Crippen molar-refractivity contribution in [1.82, 2.24) is 0 Å². The number of nitrogens with zero attached hydrogens (tertiary/aromatic N) is 2. The molecule has 7 heteroatoms. The van der Waals surface area contributed by atoms with Crippen LogP contribution in [-0.4, -0.2) is 13.5 Å². The molecule has 0 saturated carbocycles. The molecule has 0 saturated heterocycles. The van der Waals surface area contributed by atoms with Gasteiger partial charge in [-0.3, -0.25) is 4.28 Å². The van der Waals surface area contributed by atoms with E-state index in [1.165, 1.54) is 11.8 Å². The maximum Gasteiger partial charge on any atom is 0.332 e. The number of aryl methyl sites for hydroxylation is 1. The molecule has 0 spiro atoms. The van der Waals surface area contributed by atoms with E-state index in [1.807, 2.05) is 37.3 Å². The maximum atomic E-state index is 12.1. The van der Waals surface area contributed by atoms with Crippen LogP contribution in [0.25, 0.3) is 5.57 Å². The summed E-state index contributed by atoms with van der Waals surface area (Å²) >= 11 is 1.20. The van der Waals surface area contributed by atoms with Crippen molar-refractivity contribution < 1.29 is 12.7 Å². The Hall–Kier alpha value is -2.82. The van der Waals surface area contributed by atoms with E-state index in [0.29, 0.717) is 21.1 Å². The Morgan fingerprint density at radius 2 is 1.81 bits per heavy atom. The van der Waals surface area contributed by atoms with Crippen LogP contribution >= 0.6 is 11.8 Å². The van der Waals surface area contributed by atoms with Crippen molar-refractivity contribution in [2.45, 2.75) is 12.7 Å². The fourth-order valence-corrected chi connectivity index (χ4v) is 4.23. The van der Waals surface area contributed by atoms with E-state index in [-0.39, 0.29) is 5.75 Å². The quantitative estimate of drug-likeness (QED) is 0.553. The van der Waals surface area contributed by atoms with Gasteiger partial charge in [0.25, 0.3) is 0 Å². The molecule has 2 aromatic carbocycles. The molecular formula is C20H16N2O3S2. The smallest absolute Gasteiger partial charge is 0.267 e. The van der Waals surface area contributed by atoms with Crippen molar-refractivity contribution in [2.75, 3.05) is 0 Å². The fourth-order valence-electron chi connectivity index (χ4n) is 2.51. The van der Waals surface area contributed by atoms with E-state index in [0.717, 1.165) is 11.1 Å². The second kappa shape index (κ2) is 8.25. The average Bonchev–Trinajstić information content (AvgIpc) is 3.12. The van der Waals surface area contributed by atoms with Crippen molar-refractivity contribution in [2.24, 2.45) is 5.16 Å². The van der Waals surface area contributed by atoms with Gasteiger partial charge >= 0.3 is 10.1 Å². The molecule has 1 aliphatic heterocycles. The monoisotopic (exact) mass is 396 g/mol. The normalized spacial score (nSPS) is 17.0. The zero-order chi connectivity index (χ0) is 19.3. The first-order valence-corrected chi connectivity index (χ1v) is 10.5. The molecule has 0 aliphatic carbocycles. The second-order valence-corrected chi connectivity index (χ2v) is 8.41. The largest absolute Gasteiger partial charge is 0.332 e. The molecule has 1 heterocycles. The van der Waals surface area contributed by atoms with Crippen LogP contribution in [-0.2, 0) is 20.2 Å². The van der Waals surface area contributed by atoms with Gasteiger partial charge in [-0.25, -0.2) is 0 Å². The minimum Gasteiger partial charge on any atom is -0.267 e. The van der Waals surface area contributed by atoms with Gasteiger partial charge in [-0.15, -0.1) is 0 Å². The van der Waals surface area contributed by atoms with Crippen molar-refractivity contribution in [3.8, 4) is 6.07 Å². The van der Waals surface area contributed by atoms with Crippen LogP contribution in [0.2, 0.25) is 0 Å². The van der Waals surface area contributed by atoms with Crippen LogP contribution in [0.5, 0.6) is 0 Å². The van der Waals surface area contributed by atoms with Crippen molar-refractivity contribution in [3.05, 3.63) is 88.3 Å². The number of hydrogen-bond donors (Lipinski definition) is 0. The molecule has 3 rings (SSSR count). The number of nitriles is 1. The number of allylic oxidation sites excluding steroid dienone is 2. The number of hydrogen-bond acceptors (Lipinski definition) is 6. The van der Waals surface area contributed by atoms with E-state index in [9.17, 15) is 13.7 Å². The molecule has 27 heavy (non-hydrogen) atoms. The highest BCUT2D eigenvalue weighted by atomic mass is 32.2. The van der Waals surface area contributed by atoms with Crippen LogP contribution in [0.3, 0.4) is 0 Å². The lowest BCUT2D eigenvalue weighted by Gasteiger charge is -2.06. The first kappa shape index (κ1) is 19.0. The van der Waals surface area contributed by atoms with Crippen LogP contribution in [0, 0.1) is 18.3 Å². The Bertz CT molecular complexity index is 1080. The molecule has 0 radical (unpaired) electrons. The number of thioether (sulfide) groups is 1. The molecular weight excluding hydrogens is 380 g/mol. The summed E-state index contributed by atoms with van der Waals surface area (Å²) in [5.41, 5.74) is 2.97. The van der Waals surface area contributed by atoms with Gasteiger partial charge in [0, 0.05) is 4.91 Å².